The average molecular weight is 348 g/mol. The largest absolute Gasteiger partial charge is 0.486 e. The second kappa shape index (κ2) is 6.83. The van der Waals surface area contributed by atoms with Crippen molar-refractivity contribution in [2.45, 2.75) is 31.1 Å². The maximum Gasteiger partial charge on any atom is 0.294 e. The summed E-state index contributed by atoms with van der Waals surface area (Å²) in [5.74, 6) is 1.59. The molecule has 0 aliphatic carbocycles. The Morgan fingerprint density at radius 2 is 1.79 bits per heavy atom. The van der Waals surface area contributed by atoms with Crippen LogP contribution in [-0.2, 0) is 23.0 Å². The van der Waals surface area contributed by atoms with Crippen LogP contribution < -0.4 is 9.47 Å². The molecule has 0 spiro atoms. The fourth-order valence-corrected chi connectivity index (χ4v) is 3.41. The van der Waals surface area contributed by atoms with E-state index in [9.17, 15) is 13.0 Å². The molecule has 2 aromatic carbocycles. The first kappa shape index (κ1) is 16.8. The zero-order chi connectivity index (χ0) is 17.2. The van der Waals surface area contributed by atoms with Crippen molar-refractivity contribution in [1.82, 2.24) is 0 Å². The first-order valence-corrected chi connectivity index (χ1v) is 9.33. The lowest BCUT2D eigenvalue weighted by Gasteiger charge is -2.21. The fraction of sp³-hybridized carbons (Fsp3) is 0.333. The smallest absolute Gasteiger partial charge is 0.294 e. The van der Waals surface area contributed by atoms with E-state index in [1.54, 1.807) is 12.1 Å². The third kappa shape index (κ3) is 3.71. The predicted octanol–water partition coefficient (Wildman–Crippen LogP) is 3.19. The van der Waals surface area contributed by atoms with E-state index >= 15 is 0 Å². The zero-order valence-corrected chi connectivity index (χ0v) is 14.3. The molecule has 2 aromatic rings. The summed E-state index contributed by atoms with van der Waals surface area (Å²) in [7, 11) is -4.17. The van der Waals surface area contributed by atoms with Gasteiger partial charge in [0.1, 0.15) is 13.2 Å². The molecule has 24 heavy (non-hydrogen) atoms. The van der Waals surface area contributed by atoms with Crippen LogP contribution in [-0.4, -0.2) is 26.2 Å². The maximum atomic E-state index is 11.3. The normalized spacial score (nSPS) is 13.8. The number of rotatable bonds is 5. The van der Waals surface area contributed by atoms with Crippen molar-refractivity contribution < 1.29 is 22.4 Å². The summed E-state index contributed by atoms with van der Waals surface area (Å²) in [6.45, 7) is 3.06. The van der Waals surface area contributed by atoms with Crippen molar-refractivity contribution in [2.75, 3.05) is 13.2 Å². The molecule has 1 heterocycles. The first-order chi connectivity index (χ1) is 11.4. The van der Waals surface area contributed by atoms with Crippen LogP contribution in [0.1, 0.15) is 23.1 Å². The van der Waals surface area contributed by atoms with Gasteiger partial charge in [-0.1, -0.05) is 18.2 Å². The van der Waals surface area contributed by atoms with E-state index in [-0.39, 0.29) is 4.90 Å². The Bertz CT molecular complexity index is 842. The monoisotopic (exact) mass is 348 g/mol. The van der Waals surface area contributed by atoms with Gasteiger partial charge in [-0.25, -0.2) is 0 Å². The molecule has 0 amide bonds. The number of fused-ring (bicyclic) bond motifs is 1. The maximum absolute atomic E-state index is 11.3. The van der Waals surface area contributed by atoms with Gasteiger partial charge in [-0.3, -0.25) is 4.55 Å². The molecule has 0 aromatic heterocycles. The van der Waals surface area contributed by atoms with Crippen LogP contribution in [0.15, 0.2) is 41.3 Å². The number of benzene rings is 2. The van der Waals surface area contributed by atoms with E-state index in [0.717, 1.165) is 47.5 Å². The minimum Gasteiger partial charge on any atom is -0.486 e. The molecule has 0 fully saturated rings. The second-order valence-electron chi connectivity index (χ2n) is 5.86. The van der Waals surface area contributed by atoms with Crippen molar-refractivity contribution in [2.24, 2.45) is 0 Å². The number of para-hydroxylation sites is 1. The third-order valence-corrected chi connectivity index (χ3v) is 5.01. The van der Waals surface area contributed by atoms with Gasteiger partial charge in [0.15, 0.2) is 11.5 Å². The van der Waals surface area contributed by atoms with Crippen molar-refractivity contribution in [3.8, 4) is 11.5 Å². The van der Waals surface area contributed by atoms with E-state index < -0.39 is 10.1 Å². The number of aryl methyl sites for hydroxylation is 3. The minimum atomic E-state index is -4.17. The Labute approximate surface area is 142 Å². The van der Waals surface area contributed by atoms with E-state index in [0.29, 0.717) is 13.2 Å². The molecule has 1 N–H and O–H groups in total. The molecule has 0 atom stereocenters. The van der Waals surface area contributed by atoms with Crippen LogP contribution in [0.5, 0.6) is 11.5 Å². The number of hydrogen-bond acceptors (Lipinski definition) is 4. The quantitative estimate of drug-likeness (QED) is 0.840. The SMILES string of the molecule is Cc1ccc(S(=O)(=O)O)cc1CCCc1cccc2c1OCCO2. The summed E-state index contributed by atoms with van der Waals surface area (Å²) >= 11 is 0. The Balaban J connectivity index is 1.71. The van der Waals surface area contributed by atoms with Gasteiger partial charge < -0.3 is 9.47 Å². The molecule has 0 bridgehead atoms. The van der Waals surface area contributed by atoms with Crippen LogP contribution in [0.2, 0.25) is 0 Å². The van der Waals surface area contributed by atoms with E-state index in [1.165, 1.54) is 6.07 Å². The zero-order valence-electron chi connectivity index (χ0n) is 13.5. The third-order valence-electron chi connectivity index (χ3n) is 4.16. The van der Waals surface area contributed by atoms with Crippen LogP contribution in [0.3, 0.4) is 0 Å². The van der Waals surface area contributed by atoms with Crippen molar-refractivity contribution >= 4 is 10.1 Å². The molecule has 5 nitrogen and oxygen atoms in total. The van der Waals surface area contributed by atoms with Crippen LogP contribution in [0.25, 0.3) is 0 Å². The van der Waals surface area contributed by atoms with Gasteiger partial charge in [0.25, 0.3) is 10.1 Å². The Morgan fingerprint density at radius 3 is 2.58 bits per heavy atom. The van der Waals surface area contributed by atoms with Gasteiger partial charge in [0.2, 0.25) is 0 Å². The summed E-state index contributed by atoms with van der Waals surface area (Å²) in [6, 6.07) is 10.6. The lowest BCUT2D eigenvalue weighted by atomic mass is 10.00. The predicted molar refractivity (Wildman–Crippen MR) is 90.5 cm³/mol. The second-order valence-corrected chi connectivity index (χ2v) is 7.28. The summed E-state index contributed by atoms with van der Waals surface area (Å²) in [6.07, 6.45) is 2.37. The van der Waals surface area contributed by atoms with Crippen LogP contribution in [0.4, 0.5) is 0 Å². The summed E-state index contributed by atoms with van der Waals surface area (Å²) < 4.78 is 43.0. The highest BCUT2D eigenvalue weighted by molar-refractivity contribution is 7.85. The molecule has 3 rings (SSSR count). The molecule has 0 radical (unpaired) electrons. The Morgan fingerprint density at radius 1 is 1.04 bits per heavy atom. The molecule has 128 valence electrons. The van der Waals surface area contributed by atoms with Gasteiger partial charge in [-0.2, -0.15) is 8.42 Å². The number of hydrogen-bond donors (Lipinski definition) is 1. The molecule has 0 saturated heterocycles. The van der Waals surface area contributed by atoms with Gasteiger partial charge in [-0.05, 0) is 61.1 Å². The highest BCUT2D eigenvalue weighted by atomic mass is 32.2. The van der Waals surface area contributed by atoms with Crippen molar-refractivity contribution in [3.63, 3.8) is 0 Å². The topological polar surface area (TPSA) is 72.8 Å². The van der Waals surface area contributed by atoms with Gasteiger partial charge in [0, 0.05) is 0 Å². The Hall–Kier alpha value is -2.05. The number of ether oxygens (including phenoxy) is 2. The molecule has 6 heteroatoms. The standard InChI is InChI=1S/C18H20O5S/c1-13-8-9-16(24(19,20)21)12-15(13)6-2-4-14-5-3-7-17-18(14)23-11-10-22-17/h3,5,7-9,12H,2,4,6,10-11H2,1H3,(H,19,20,21). The summed E-state index contributed by atoms with van der Waals surface area (Å²) in [5.41, 5.74) is 3.03. The van der Waals surface area contributed by atoms with E-state index in [4.69, 9.17) is 9.47 Å². The van der Waals surface area contributed by atoms with Gasteiger partial charge >= 0.3 is 0 Å². The highest BCUT2D eigenvalue weighted by Gasteiger charge is 2.16. The molecular weight excluding hydrogens is 328 g/mol. The molecular formula is C18H20O5S. The highest BCUT2D eigenvalue weighted by Crippen LogP contribution is 2.34. The van der Waals surface area contributed by atoms with E-state index in [2.05, 4.69) is 0 Å². The van der Waals surface area contributed by atoms with Crippen LogP contribution >= 0.6 is 0 Å². The molecule has 0 unspecified atom stereocenters. The molecule has 1 aliphatic heterocycles. The van der Waals surface area contributed by atoms with Gasteiger partial charge in [-0.15, -0.1) is 0 Å². The molecule has 0 saturated carbocycles. The summed E-state index contributed by atoms with van der Waals surface area (Å²) in [5, 5.41) is 0. The fourth-order valence-electron chi connectivity index (χ4n) is 2.88. The average Bonchev–Trinajstić information content (AvgIpc) is 2.55. The van der Waals surface area contributed by atoms with Crippen molar-refractivity contribution in [1.29, 1.82) is 0 Å². The van der Waals surface area contributed by atoms with Crippen molar-refractivity contribution in [3.05, 3.63) is 53.1 Å². The van der Waals surface area contributed by atoms with E-state index in [1.807, 2.05) is 25.1 Å². The summed E-state index contributed by atoms with van der Waals surface area (Å²) in [4.78, 5) is -0.0584. The van der Waals surface area contributed by atoms with Gasteiger partial charge in [0.05, 0.1) is 4.90 Å². The van der Waals surface area contributed by atoms with Crippen LogP contribution in [0, 0.1) is 6.92 Å². The first-order valence-electron chi connectivity index (χ1n) is 7.89. The lowest BCUT2D eigenvalue weighted by molar-refractivity contribution is 0.170. The molecule has 1 aliphatic rings. The minimum absolute atomic E-state index is 0.0584. The lowest BCUT2D eigenvalue weighted by Crippen LogP contribution is -2.16. The Kier molecular flexibility index (Phi) is 4.78.